The summed E-state index contributed by atoms with van der Waals surface area (Å²) < 4.78 is 5.76. The Morgan fingerprint density at radius 1 is 1.29 bits per heavy atom. The van der Waals surface area contributed by atoms with E-state index >= 15 is 0 Å². The van der Waals surface area contributed by atoms with E-state index in [4.69, 9.17) is 4.74 Å². The van der Waals surface area contributed by atoms with Crippen molar-refractivity contribution in [2.75, 3.05) is 33.8 Å². The Bertz CT molecular complexity index is 509. The zero-order valence-corrected chi connectivity index (χ0v) is 12.9. The molecular formula is C17H24N2O2. The average Bonchev–Trinajstić information content (AvgIpc) is 2.54. The molecule has 3 rings (SSSR count). The van der Waals surface area contributed by atoms with Crippen LogP contribution in [0.3, 0.4) is 0 Å². The Hall–Kier alpha value is -1.55. The number of hydrogen-bond acceptors (Lipinski definition) is 3. The third kappa shape index (κ3) is 3.05. The first-order valence-electron chi connectivity index (χ1n) is 7.81. The molecule has 2 aliphatic heterocycles. The Balaban J connectivity index is 1.63. The fourth-order valence-electron chi connectivity index (χ4n) is 3.34. The normalized spacial score (nSPS) is 23.2. The lowest BCUT2D eigenvalue weighted by Gasteiger charge is -2.37. The smallest absolute Gasteiger partial charge is 0.229 e. The summed E-state index contributed by atoms with van der Waals surface area (Å²) in [4.78, 5) is 17.0. The van der Waals surface area contributed by atoms with Crippen molar-refractivity contribution in [3.8, 4) is 5.75 Å². The second-order valence-corrected chi connectivity index (χ2v) is 6.30. The number of benzene rings is 1. The molecule has 0 saturated carbocycles. The van der Waals surface area contributed by atoms with Gasteiger partial charge >= 0.3 is 0 Å². The first-order chi connectivity index (χ1) is 10.1. The van der Waals surface area contributed by atoms with E-state index in [2.05, 4.69) is 18.0 Å². The molecule has 4 nitrogen and oxygen atoms in total. The van der Waals surface area contributed by atoms with E-state index in [9.17, 15) is 4.79 Å². The number of hydrogen-bond donors (Lipinski definition) is 0. The van der Waals surface area contributed by atoms with Crippen molar-refractivity contribution in [3.63, 3.8) is 0 Å². The Morgan fingerprint density at radius 3 is 2.76 bits per heavy atom. The maximum atomic E-state index is 12.7. The third-order valence-electron chi connectivity index (χ3n) is 4.81. The van der Waals surface area contributed by atoms with Crippen LogP contribution in [0.15, 0.2) is 24.3 Å². The molecule has 1 amide bonds. The fourth-order valence-corrected chi connectivity index (χ4v) is 3.34. The van der Waals surface area contributed by atoms with Crippen LogP contribution in [0, 0.1) is 5.92 Å². The van der Waals surface area contributed by atoms with Gasteiger partial charge in [0.1, 0.15) is 12.4 Å². The van der Waals surface area contributed by atoms with Crippen molar-refractivity contribution in [2.24, 2.45) is 5.92 Å². The van der Waals surface area contributed by atoms with Gasteiger partial charge in [-0.3, -0.25) is 4.79 Å². The predicted molar refractivity (Wildman–Crippen MR) is 82.4 cm³/mol. The van der Waals surface area contributed by atoms with Crippen LogP contribution in [-0.4, -0.2) is 55.5 Å². The molecule has 1 unspecified atom stereocenters. The molecule has 1 aromatic rings. The number of fused-ring (bicyclic) bond motifs is 1. The summed E-state index contributed by atoms with van der Waals surface area (Å²) in [7, 11) is 4.10. The topological polar surface area (TPSA) is 32.8 Å². The lowest BCUT2D eigenvalue weighted by molar-refractivity contribution is -0.138. The van der Waals surface area contributed by atoms with Gasteiger partial charge in [-0.25, -0.2) is 0 Å². The van der Waals surface area contributed by atoms with Gasteiger partial charge in [-0.05, 0) is 51.0 Å². The van der Waals surface area contributed by atoms with Gasteiger partial charge in [0.15, 0.2) is 0 Å². The van der Waals surface area contributed by atoms with Crippen molar-refractivity contribution >= 4 is 5.91 Å². The van der Waals surface area contributed by atoms with Crippen LogP contribution < -0.4 is 4.74 Å². The molecular weight excluding hydrogens is 264 g/mol. The zero-order chi connectivity index (χ0) is 14.8. The standard InChI is InChI=1S/C17H24N2O2/c1-18-9-7-15(8-10-18)19(2)17(20)14-11-13-5-3-4-6-16(13)21-12-14/h3-6,14-15H,7-12H2,1-2H3. The molecule has 21 heavy (non-hydrogen) atoms. The molecule has 1 saturated heterocycles. The van der Waals surface area contributed by atoms with E-state index in [1.165, 1.54) is 0 Å². The predicted octanol–water partition coefficient (Wildman–Crippen LogP) is 1.79. The van der Waals surface area contributed by atoms with Crippen molar-refractivity contribution < 1.29 is 9.53 Å². The molecule has 1 fully saturated rings. The highest BCUT2D eigenvalue weighted by Gasteiger charge is 2.31. The Labute approximate surface area is 126 Å². The van der Waals surface area contributed by atoms with Crippen LogP contribution in [0.25, 0.3) is 0 Å². The van der Waals surface area contributed by atoms with Crippen molar-refractivity contribution in [1.29, 1.82) is 0 Å². The summed E-state index contributed by atoms with van der Waals surface area (Å²) in [5.74, 6) is 1.13. The minimum absolute atomic E-state index is 0.0374. The van der Waals surface area contributed by atoms with Gasteiger partial charge in [-0.2, -0.15) is 0 Å². The van der Waals surface area contributed by atoms with E-state index in [-0.39, 0.29) is 11.8 Å². The van der Waals surface area contributed by atoms with Crippen LogP contribution in [0.2, 0.25) is 0 Å². The Kier molecular flexibility index (Phi) is 4.15. The number of likely N-dealkylation sites (tertiary alicyclic amines) is 1. The maximum absolute atomic E-state index is 12.7. The monoisotopic (exact) mass is 288 g/mol. The van der Waals surface area contributed by atoms with E-state index in [0.717, 1.165) is 43.7 Å². The van der Waals surface area contributed by atoms with Gasteiger partial charge in [0, 0.05) is 13.1 Å². The SMILES string of the molecule is CN1CCC(N(C)C(=O)C2COc3ccccc3C2)CC1. The summed E-state index contributed by atoms with van der Waals surface area (Å²) in [6.45, 7) is 2.66. The quantitative estimate of drug-likeness (QED) is 0.832. The number of amides is 1. The van der Waals surface area contributed by atoms with Gasteiger partial charge in [-0.1, -0.05) is 18.2 Å². The fraction of sp³-hybridized carbons (Fsp3) is 0.588. The molecule has 2 heterocycles. The molecule has 114 valence electrons. The van der Waals surface area contributed by atoms with Gasteiger partial charge in [0.05, 0.1) is 5.92 Å². The molecule has 0 aromatic heterocycles. The summed E-state index contributed by atoms with van der Waals surface area (Å²) in [6, 6.07) is 8.41. The lowest BCUT2D eigenvalue weighted by atomic mass is 9.94. The number of para-hydroxylation sites is 1. The van der Waals surface area contributed by atoms with Crippen LogP contribution >= 0.6 is 0 Å². The molecule has 4 heteroatoms. The first kappa shape index (κ1) is 14.4. The number of piperidine rings is 1. The average molecular weight is 288 g/mol. The first-order valence-corrected chi connectivity index (χ1v) is 7.81. The minimum Gasteiger partial charge on any atom is -0.492 e. The van der Waals surface area contributed by atoms with Gasteiger partial charge < -0.3 is 14.5 Å². The highest BCUT2D eigenvalue weighted by atomic mass is 16.5. The van der Waals surface area contributed by atoms with Crippen molar-refractivity contribution in [2.45, 2.75) is 25.3 Å². The minimum atomic E-state index is -0.0374. The van der Waals surface area contributed by atoms with E-state index < -0.39 is 0 Å². The summed E-state index contributed by atoms with van der Waals surface area (Å²) in [5.41, 5.74) is 1.15. The molecule has 0 radical (unpaired) electrons. The summed E-state index contributed by atoms with van der Waals surface area (Å²) >= 11 is 0. The number of ether oxygens (including phenoxy) is 1. The van der Waals surface area contributed by atoms with E-state index in [1.54, 1.807) is 0 Å². The van der Waals surface area contributed by atoms with Crippen LogP contribution in [0.5, 0.6) is 5.75 Å². The zero-order valence-electron chi connectivity index (χ0n) is 12.9. The number of carbonyl (C=O) groups excluding carboxylic acids is 1. The van der Waals surface area contributed by atoms with Crippen LogP contribution in [0.4, 0.5) is 0 Å². The van der Waals surface area contributed by atoms with Crippen LogP contribution in [0.1, 0.15) is 18.4 Å². The molecule has 0 aliphatic carbocycles. The number of rotatable bonds is 2. The highest BCUT2D eigenvalue weighted by molar-refractivity contribution is 5.79. The van der Waals surface area contributed by atoms with Crippen LogP contribution in [-0.2, 0) is 11.2 Å². The maximum Gasteiger partial charge on any atom is 0.229 e. The number of nitrogens with zero attached hydrogens (tertiary/aromatic N) is 2. The molecule has 1 aromatic carbocycles. The van der Waals surface area contributed by atoms with Crippen molar-refractivity contribution in [3.05, 3.63) is 29.8 Å². The highest BCUT2D eigenvalue weighted by Crippen LogP contribution is 2.28. The second kappa shape index (κ2) is 6.06. The molecule has 1 atom stereocenters. The third-order valence-corrected chi connectivity index (χ3v) is 4.81. The Morgan fingerprint density at radius 2 is 2.00 bits per heavy atom. The van der Waals surface area contributed by atoms with Gasteiger partial charge in [0.25, 0.3) is 0 Å². The summed E-state index contributed by atoms with van der Waals surface area (Å²) in [5, 5.41) is 0. The van der Waals surface area contributed by atoms with Crippen molar-refractivity contribution in [1.82, 2.24) is 9.80 Å². The summed E-state index contributed by atoms with van der Waals surface area (Å²) in [6.07, 6.45) is 2.94. The molecule has 0 bridgehead atoms. The van der Waals surface area contributed by atoms with E-state index in [1.807, 2.05) is 30.1 Å². The van der Waals surface area contributed by atoms with Gasteiger partial charge in [-0.15, -0.1) is 0 Å². The molecule has 0 N–H and O–H groups in total. The van der Waals surface area contributed by atoms with Gasteiger partial charge in [0.2, 0.25) is 5.91 Å². The lowest BCUT2D eigenvalue weighted by Crippen LogP contribution is -2.48. The second-order valence-electron chi connectivity index (χ2n) is 6.30. The number of carbonyl (C=O) groups is 1. The molecule has 2 aliphatic rings. The van der Waals surface area contributed by atoms with E-state index in [0.29, 0.717) is 12.6 Å². The molecule has 0 spiro atoms. The largest absolute Gasteiger partial charge is 0.492 e.